The first-order valence-electron chi connectivity index (χ1n) is 9.26. The van der Waals surface area contributed by atoms with Gasteiger partial charge in [0.2, 0.25) is 0 Å². The van der Waals surface area contributed by atoms with Gasteiger partial charge in [0.1, 0.15) is 5.75 Å². The third kappa shape index (κ3) is 4.83. The SMILES string of the molecule is CCCCNCc1c(OCCc2ccccc2)ccc2ccccc12. The van der Waals surface area contributed by atoms with Gasteiger partial charge >= 0.3 is 0 Å². The molecule has 3 rings (SSSR count). The summed E-state index contributed by atoms with van der Waals surface area (Å²) in [4.78, 5) is 0. The largest absolute Gasteiger partial charge is 0.493 e. The van der Waals surface area contributed by atoms with Gasteiger partial charge in [-0.15, -0.1) is 0 Å². The molecule has 0 aliphatic heterocycles. The number of hydrogen-bond acceptors (Lipinski definition) is 2. The van der Waals surface area contributed by atoms with E-state index in [1.165, 1.54) is 34.7 Å². The number of nitrogens with one attached hydrogen (secondary N) is 1. The summed E-state index contributed by atoms with van der Waals surface area (Å²) in [6, 6.07) is 23.3. The van der Waals surface area contributed by atoms with E-state index in [1.807, 2.05) is 6.07 Å². The van der Waals surface area contributed by atoms with Crippen molar-refractivity contribution >= 4 is 10.8 Å². The average molecular weight is 333 g/mol. The zero-order chi connectivity index (χ0) is 17.3. The van der Waals surface area contributed by atoms with Crippen LogP contribution in [0.2, 0.25) is 0 Å². The van der Waals surface area contributed by atoms with E-state index in [-0.39, 0.29) is 0 Å². The Morgan fingerprint density at radius 3 is 2.52 bits per heavy atom. The van der Waals surface area contributed by atoms with E-state index in [4.69, 9.17) is 4.74 Å². The Labute approximate surface area is 150 Å². The van der Waals surface area contributed by atoms with Gasteiger partial charge in [0.15, 0.2) is 0 Å². The topological polar surface area (TPSA) is 21.3 Å². The van der Waals surface area contributed by atoms with Crippen molar-refractivity contribution in [1.82, 2.24) is 5.32 Å². The Morgan fingerprint density at radius 2 is 1.68 bits per heavy atom. The highest BCUT2D eigenvalue weighted by molar-refractivity contribution is 5.87. The first-order valence-corrected chi connectivity index (χ1v) is 9.26. The molecule has 0 aliphatic rings. The van der Waals surface area contributed by atoms with Crippen molar-refractivity contribution in [3.8, 4) is 5.75 Å². The molecule has 1 N–H and O–H groups in total. The molecular weight excluding hydrogens is 306 g/mol. The second kappa shape index (κ2) is 9.24. The molecule has 0 saturated carbocycles. The van der Waals surface area contributed by atoms with Gasteiger partial charge in [-0.1, -0.05) is 74.0 Å². The maximum Gasteiger partial charge on any atom is 0.124 e. The second-order valence-corrected chi connectivity index (χ2v) is 6.38. The maximum atomic E-state index is 6.17. The van der Waals surface area contributed by atoms with E-state index >= 15 is 0 Å². The van der Waals surface area contributed by atoms with Crippen molar-refractivity contribution in [2.75, 3.05) is 13.2 Å². The average Bonchev–Trinajstić information content (AvgIpc) is 2.67. The second-order valence-electron chi connectivity index (χ2n) is 6.38. The fourth-order valence-electron chi connectivity index (χ4n) is 3.07. The molecule has 0 amide bonds. The van der Waals surface area contributed by atoms with Crippen LogP contribution in [0.5, 0.6) is 5.75 Å². The zero-order valence-corrected chi connectivity index (χ0v) is 15.0. The Bertz CT molecular complexity index is 782. The highest BCUT2D eigenvalue weighted by Crippen LogP contribution is 2.28. The highest BCUT2D eigenvalue weighted by Gasteiger charge is 2.08. The fourth-order valence-corrected chi connectivity index (χ4v) is 3.07. The smallest absolute Gasteiger partial charge is 0.124 e. The predicted molar refractivity (Wildman–Crippen MR) is 106 cm³/mol. The number of unbranched alkanes of at least 4 members (excludes halogenated alkanes) is 1. The molecule has 3 aromatic carbocycles. The summed E-state index contributed by atoms with van der Waals surface area (Å²) in [6.07, 6.45) is 3.34. The van der Waals surface area contributed by atoms with Crippen LogP contribution in [0, 0.1) is 0 Å². The third-order valence-electron chi connectivity index (χ3n) is 4.50. The number of rotatable bonds is 9. The van der Waals surface area contributed by atoms with Crippen LogP contribution in [0.15, 0.2) is 66.7 Å². The summed E-state index contributed by atoms with van der Waals surface area (Å²) in [5.41, 5.74) is 2.58. The summed E-state index contributed by atoms with van der Waals surface area (Å²) in [5, 5.41) is 6.11. The molecule has 0 radical (unpaired) electrons. The van der Waals surface area contributed by atoms with Crippen molar-refractivity contribution in [1.29, 1.82) is 0 Å². The van der Waals surface area contributed by atoms with Crippen molar-refractivity contribution in [2.45, 2.75) is 32.7 Å². The zero-order valence-electron chi connectivity index (χ0n) is 15.0. The van der Waals surface area contributed by atoms with Gasteiger partial charge < -0.3 is 10.1 Å². The summed E-state index contributed by atoms with van der Waals surface area (Å²) in [6.45, 7) is 4.81. The first-order chi connectivity index (χ1) is 12.4. The molecule has 0 unspecified atom stereocenters. The summed E-state index contributed by atoms with van der Waals surface area (Å²) in [5.74, 6) is 0.999. The van der Waals surface area contributed by atoms with Crippen LogP contribution in [-0.2, 0) is 13.0 Å². The van der Waals surface area contributed by atoms with Crippen LogP contribution in [0.1, 0.15) is 30.9 Å². The maximum absolute atomic E-state index is 6.17. The molecule has 2 nitrogen and oxygen atoms in total. The van der Waals surface area contributed by atoms with E-state index in [2.05, 4.69) is 72.9 Å². The minimum atomic E-state index is 0.699. The number of fused-ring (bicyclic) bond motifs is 1. The first kappa shape index (κ1) is 17.5. The number of hydrogen-bond donors (Lipinski definition) is 1. The summed E-state index contributed by atoms with van der Waals surface area (Å²) < 4.78 is 6.17. The number of ether oxygens (including phenoxy) is 1. The van der Waals surface area contributed by atoms with Gasteiger partial charge in [0, 0.05) is 18.5 Å². The van der Waals surface area contributed by atoms with Crippen molar-refractivity contribution in [2.24, 2.45) is 0 Å². The third-order valence-corrected chi connectivity index (χ3v) is 4.50. The molecule has 3 aromatic rings. The lowest BCUT2D eigenvalue weighted by atomic mass is 10.0. The van der Waals surface area contributed by atoms with Gasteiger partial charge in [0.05, 0.1) is 6.61 Å². The van der Waals surface area contributed by atoms with Crippen molar-refractivity contribution < 1.29 is 4.74 Å². The van der Waals surface area contributed by atoms with Crippen LogP contribution in [0.25, 0.3) is 10.8 Å². The summed E-state index contributed by atoms with van der Waals surface area (Å²) >= 11 is 0. The lowest BCUT2D eigenvalue weighted by Gasteiger charge is -2.15. The van der Waals surface area contributed by atoms with E-state index < -0.39 is 0 Å². The molecule has 2 heteroatoms. The van der Waals surface area contributed by atoms with E-state index in [1.54, 1.807) is 0 Å². The van der Waals surface area contributed by atoms with Gasteiger partial charge in [-0.25, -0.2) is 0 Å². The Kier molecular flexibility index (Phi) is 6.47. The molecule has 0 fully saturated rings. The molecule has 0 bridgehead atoms. The standard InChI is InChI=1S/C23H27NO/c1-2-3-16-24-18-22-21-12-8-7-11-20(21)13-14-23(22)25-17-15-19-9-5-4-6-10-19/h4-14,24H,2-3,15-18H2,1H3. The van der Waals surface area contributed by atoms with E-state index in [0.29, 0.717) is 6.61 Å². The monoisotopic (exact) mass is 333 g/mol. The highest BCUT2D eigenvalue weighted by atomic mass is 16.5. The predicted octanol–water partition coefficient (Wildman–Crippen LogP) is 5.35. The van der Waals surface area contributed by atoms with Gasteiger partial charge in [0.25, 0.3) is 0 Å². The van der Waals surface area contributed by atoms with E-state index in [0.717, 1.165) is 25.3 Å². The molecule has 0 aliphatic carbocycles. The molecule has 0 atom stereocenters. The molecule has 0 spiro atoms. The molecular formula is C23H27NO. The molecule has 25 heavy (non-hydrogen) atoms. The molecule has 0 saturated heterocycles. The quantitative estimate of drug-likeness (QED) is 0.533. The van der Waals surface area contributed by atoms with Crippen LogP contribution in [-0.4, -0.2) is 13.2 Å². The molecule has 0 heterocycles. The van der Waals surface area contributed by atoms with Crippen LogP contribution >= 0.6 is 0 Å². The lowest BCUT2D eigenvalue weighted by molar-refractivity contribution is 0.318. The Morgan fingerprint density at radius 1 is 0.880 bits per heavy atom. The Hall–Kier alpha value is -2.32. The lowest BCUT2D eigenvalue weighted by Crippen LogP contribution is -2.16. The minimum absolute atomic E-state index is 0.699. The minimum Gasteiger partial charge on any atom is -0.493 e. The van der Waals surface area contributed by atoms with Crippen LogP contribution in [0.3, 0.4) is 0 Å². The van der Waals surface area contributed by atoms with Crippen LogP contribution in [0.4, 0.5) is 0 Å². The molecule has 0 aromatic heterocycles. The summed E-state index contributed by atoms with van der Waals surface area (Å²) in [7, 11) is 0. The van der Waals surface area contributed by atoms with Gasteiger partial charge in [-0.3, -0.25) is 0 Å². The van der Waals surface area contributed by atoms with E-state index in [9.17, 15) is 0 Å². The molecule has 130 valence electrons. The van der Waals surface area contributed by atoms with Crippen molar-refractivity contribution in [3.63, 3.8) is 0 Å². The Balaban J connectivity index is 1.73. The normalized spacial score (nSPS) is 10.9. The van der Waals surface area contributed by atoms with Crippen LogP contribution < -0.4 is 10.1 Å². The van der Waals surface area contributed by atoms with Gasteiger partial charge in [-0.2, -0.15) is 0 Å². The fraction of sp³-hybridized carbons (Fsp3) is 0.304. The van der Waals surface area contributed by atoms with Crippen molar-refractivity contribution in [3.05, 3.63) is 77.9 Å². The van der Waals surface area contributed by atoms with Gasteiger partial charge in [-0.05, 0) is 35.4 Å². The number of benzene rings is 3.